The van der Waals surface area contributed by atoms with Crippen LogP contribution >= 0.6 is 0 Å². The van der Waals surface area contributed by atoms with E-state index >= 15 is 0 Å². The summed E-state index contributed by atoms with van der Waals surface area (Å²) in [5.41, 5.74) is 5.11. The van der Waals surface area contributed by atoms with Gasteiger partial charge in [-0.25, -0.2) is 4.79 Å². The third-order valence-corrected chi connectivity index (χ3v) is 3.30. The third-order valence-electron chi connectivity index (χ3n) is 3.30. The maximum absolute atomic E-state index is 11.9. The van der Waals surface area contributed by atoms with Gasteiger partial charge in [0, 0.05) is 11.8 Å². The molecule has 120 valence electrons. The van der Waals surface area contributed by atoms with Gasteiger partial charge in [-0.15, -0.1) is 0 Å². The summed E-state index contributed by atoms with van der Waals surface area (Å²) in [7, 11) is 0. The molecule has 0 saturated carbocycles. The van der Waals surface area contributed by atoms with Gasteiger partial charge < -0.3 is 25.8 Å². The maximum atomic E-state index is 11.9. The van der Waals surface area contributed by atoms with Crippen LogP contribution in [0.15, 0.2) is 17.1 Å². The fourth-order valence-electron chi connectivity index (χ4n) is 2.12. The van der Waals surface area contributed by atoms with E-state index in [9.17, 15) is 19.8 Å². The fraction of sp³-hybridized carbons (Fsp3) is 0.462. The van der Waals surface area contributed by atoms with Crippen molar-refractivity contribution in [2.24, 2.45) is 0 Å². The fourth-order valence-corrected chi connectivity index (χ4v) is 2.12. The summed E-state index contributed by atoms with van der Waals surface area (Å²) in [5, 5.41) is 28.7. The number of hydrogen-bond acceptors (Lipinski definition) is 8. The number of aromatic nitrogens is 2. The van der Waals surface area contributed by atoms with Crippen LogP contribution in [-0.4, -0.2) is 55.6 Å². The van der Waals surface area contributed by atoms with Gasteiger partial charge in [0.25, 0.3) is 0 Å². The molecule has 1 aliphatic heterocycles. The van der Waals surface area contributed by atoms with Crippen LogP contribution in [0.5, 0.6) is 0 Å². The molecule has 9 heteroatoms. The second-order valence-corrected chi connectivity index (χ2v) is 4.94. The van der Waals surface area contributed by atoms with Crippen LogP contribution in [-0.2, 0) is 9.53 Å². The van der Waals surface area contributed by atoms with Crippen LogP contribution in [0.4, 0.5) is 5.82 Å². The van der Waals surface area contributed by atoms with Crippen molar-refractivity contribution in [2.75, 3.05) is 12.3 Å². The number of hydrogen-bond donors (Lipinski definition) is 4. The molecule has 0 bridgehead atoms. The normalized spacial score (nSPS) is 28.4. The highest BCUT2D eigenvalue weighted by Gasteiger charge is 2.43. The molecule has 4 atom stereocenters. The van der Waals surface area contributed by atoms with E-state index < -0.39 is 36.8 Å². The Bertz CT molecular complexity index is 656. The second kappa shape index (κ2) is 6.36. The number of anilines is 1. The number of ether oxygens (including phenoxy) is 1. The highest BCUT2D eigenvalue weighted by molar-refractivity contribution is 5.92. The van der Waals surface area contributed by atoms with Crippen LogP contribution in [0.1, 0.15) is 18.7 Å². The van der Waals surface area contributed by atoms with Gasteiger partial charge >= 0.3 is 5.69 Å². The molecule has 1 aliphatic rings. The Morgan fingerprint density at radius 1 is 1.50 bits per heavy atom. The molecule has 0 aliphatic carbocycles. The van der Waals surface area contributed by atoms with Crippen molar-refractivity contribution in [3.63, 3.8) is 0 Å². The zero-order valence-corrected chi connectivity index (χ0v) is 11.8. The lowest BCUT2D eigenvalue weighted by molar-refractivity contribution is -0.112. The minimum absolute atomic E-state index is 0.0782. The molecule has 0 amide bonds. The van der Waals surface area contributed by atoms with Crippen molar-refractivity contribution in [1.82, 2.24) is 9.55 Å². The Balaban J connectivity index is 2.41. The van der Waals surface area contributed by atoms with Gasteiger partial charge in [-0.1, -0.05) is 0 Å². The Kier molecular flexibility index (Phi) is 4.71. The lowest BCUT2D eigenvalue weighted by Gasteiger charge is -2.18. The zero-order valence-electron chi connectivity index (χ0n) is 11.8. The van der Waals surface area contributed by atoms with Gasteiger partial charge in [0.1, 0.15) is 24.1 Å². The lowest BCUT2D eigenvalue weighted by atomic mass is 10.1. The molecule has 1 aromatic heterocycles. The molecular weight excluding hydrogens is 294 g/mol. The molecule has 1 saturated heterocycles. The zero-order chi connectivity index (χ0) is 16.4. The first-order valence-corrected chi connectivity index (χ1v) is 6.55. The monoisotopic (exact) mass is 311 g/mol. The number of allylic oxidation sites excluding steroid dienone is 1. The maximum Gasteiger partial charge on any atom is 0.351 e. The quantitative estimate of drug-likeness (QED) is 0.468. The minimum Gasteiger partial charge on any atom is -0.394 e. The van der Waals surface area contributed by atoms with Gasteiger partial charge in [-0.05, 0) is 19.1 Å². The molecule has 0 aromatic carbocycles. The molecule has 0 spiro atoms. The van der Waals surface area contributed by atoms with Crippen LogP contribution in [0.25, 0.3) is 6.08 Å². The molecule has 1 fully saturated rings. The Morgan fingerprint density at radius 3 is 2.73 bits per heavy atom. The number of carbonyl (C=O) groups is 1. The molecule has 2 rings (SSSR count). The van der Waals surface area contributed by atoms with E-state index in [0.717, 1.165) is 4.57 Å². The second-order valence-electron chi connectivity index (χ2n) is 4.94. The highest BCUT2D eigenvalue weighted by atomic mass is 16.6. The van der Waals surface area contributed by atoms with Crippen molar-refractivity contribution in [2.45, 2.75) is 31.5 Å². The number of aliphatic hydroxyl groups is 3. The van der Waals surface area contributed by atoms with Crippen molar-refractivity contribution in [3.8, 4) is 0 Å². The first-order valence-electron chi connectivity index (χ1n) is 6.55. The van der Waals surface area contributed by atoms with E-state index in [1.54, 1.807) is 0 Å². The average molecular weight is 311 g/mol. The van der Waals surface area contributed by atoms with Gasteiger partial charge in [0.05, 0.1) is 6.61 Å². The number of rotatable bonds is 4. The molecule has 2 heterocycles. The van der Waals surface area contributed by atoms with Gasteiger partial charge in [-0.3, -0.25) is 9.36 Å². The Hall–Kier alpha value is -2.07. The summed E-state index contributed by atoms with van der Waals surface area (Å²) in [6.07, 6.45) is -1.08. The number of nitrogen functional groups attached to an aromatic ring is 1. The number of carbonyl (C=O) groups excluding carboxylic acids is 1. The van der Waals surface area contributed by atoms with Gasteiger partial charge in [0.15, 0.2) is 12.0 Å². The summed E-state index contributed by atoms with van der Waals surface area (Å²) in [6.45, 7) is 0.838. The third kappa shape index (κ3) is 3.07. The molecule has 0 radical (unpaired) electrons. The number of nitrogens with zero attached hydrogens (tertiary/aromatic N) is 2. The van der Waals surface area contributed by atoms with Gasteiger partial charge in [0.2, 0.25) is 0 Å². The van der Waals surface area contributed by atoms with Crippen LogP contribution < -0.4 is 11.4 Å². The number of nitrogens with two attached hydrogens (primary N) is 1. The summed E-state index contributed by atoms with van der Waals surface area (Å²) < 4.78 is 6.22. The largest absolute Gasteiger partial charge is 0.394 e. The number of ketones is 1. The summed E-state index contributed by atoms with van der Waals surface area (Å²) >= 11 is 0. The predicted octanol–water partition coefficient (Wildman–Crippen LogP) is -1.96. The smallest absolute Gasteiger partial charge is 0.351 e. The van der Waals surface area contributed by atoms with E-state index in [1.807, 2.05) is 0 Å². The Morgan fingerprint density at radius 2 is 2.18 bits per heavy atom. The lowest BCUT2D eigenvalue weighted by Crippen LogP contribution is -2.36. The predicted molar refractivity (Wildman–Crippen MR) is 75.6 cm³/mol. The first-order chi connectivity index (χ1) is 10.3. The van der Waals surface area contributed by atoms with Crippen molar-refractivity contribution in [1.29, 1.82) is 0 Å². The summed E-state index contributed by atoms with van der Waals surface area (Å²) in [5.74, 6) is -0.296. The van der Waals surface area contributed by atoms with Crippen molar-refractivity contribution < 1.29 is 24.9 Å². The standard InChI is InChI=1S/C13H17N3O6/c1-6(18)2-3-7-4-16(13(21)15-11(7)14)12-10(20)9(19)8(5-17)22-12/h2-4,8-10,12,17,19-20H,5H2,1H3,(H2,14,15,21)/t8-,9-,10-,12-/m1/s1. The van der Waals surface area contributed by atoms with Crippen molar-refractivity contribution in [3.05, 3.63) is 28.3 Å². The van der Waals surface area contributed by atoms with E-state index in [-0.39, 0.29) is 17.2 Å². The topological polar surface area (TPSA) is 148 Å². The van der Waals surface area contributed by atoms with E-state index in [1.165, 1.54) is 25.3 Å². The highest BCUT2D eigenvalue weighted by Crippen LogP contribution is 2.28. The molecule has 22 heavy (non-hydrogen) atoms. The van der Waals surface area contributed by atoms with E-state index in [0.29, 0.717) is 0 Å². The summed E-state index contributed by atoms with van der Waals surface area (Å²) in [4.78, 5) is 26.5. The SMILES string of the molecule is CC(=O)C=Cc1cn([C@@H]2O[C@H](CO)[C@@H](O)[C@H]2O)c(=O)nc1N. The van der Waals surface area contributed by atoms with Crippen LogP contribution in [0, 0.1) is 0 Å². The molecular formula is C13H17N3O6. The van der Waals surface area contributed by atoms with Crippen molar-refractivity contribution >= 4 is 17.7 Å². The van der Waals surface area contributed by atoms with Gasteiger partial charge in [-0.2, -0.15) is 4.98 Å². The molecule has 1 aromatic rings. The molecule has 5 N–H and O–H groups in total. The summed E-state index contributed by atoms with van der Waals surface area (Å²) in [6, 6.07) is 0. The first kappa shape index (κ1) is 16.3. The Labute approximate surface area is 125 Å². The minimum atomic E-state index is -1.41. The molecule has 9 nitrogen and oxygen atoms in total. The van der Waals surface area contributed by atoms with Crippen LogP contribution in [0.3, 0.4) is 0 Å². The number of aliphatic hydroxyl groups excluding tert-OH is 3. The van der Waals surface area contributed by atoms with Crippen LogP contribution in [0.2, 0.25) is 0 Å². The average Bonchev–Trinajstić information content (AvgIpc) is 2.74. The molecule has 0 unspecified atom stereocenters. The van der Waals surface area contributed by atoms with E-state index in [2.05, 4.69) is 4.98 Å². The van der Waals surface area contributed by atoms with E-state index in [4.69, 9.17) is 15.6 Å².